The van der Waals surface area contributed by atoms with Crippen LogP contribution in [0.1, 0.15) is 29.3 Å². The van der Waals surface area contributed by atoms with Crippen LogP contribution in [-0.4, -0.2) is 22.8 Å². The maximum atomic E-state index is 13.8. The molecule has 0 aromatic heterocycles. The Kier molecular flexibility index (Phi) is 4.73. The van der Waals surface area contributed by atoms with Crippen molar-refractivity contribution in [1.29, 1.82) is 0 Å². The van der Waals surface area contributed by atoms with Crippen LogP contribution >= 0.6 is 0 Å². The Morgan fingerprint density at radius 1 is 1.50 bits per heavy atom. The lowest BCUT2D eigenvalue weighted by Crippen LogP contribution is -2.36. The van der Waals surface area contributed by atoms with E-state index in [1.54, 1.807) is 0 Å². The zero-order valence-corrected chi connectivity index (χ0v) is 11.0. The molecule has 0 radical (unpaired) electrons. The topological polar surface area (TPSA) is 115 Å². The molecule has 1 rings (SSSR count). The number of nitro groups is 1. The van der Waals surface area contributed by atoms with Gasteiger partial charge in [0.05, 0.1) is 10.5 Å². The van der Waals surface area contributed by atoms with E-state index in [4.69, 9.17) is 5.73 Å². The summed E-state index contributed by atoms with van der Waals surface area (Å²) in [4.78, 5) is 32.5. The number of carbonyl (C=O) groups excluding carboxylic acids is 2. The molecule has 2 amide bonds. The van der Waals surface area contributed by atoms with Crippen molar-refractivity contribution in [2.24, 2.45) is 5.73 Å². The molecule has 1 atom stereocenters. The summed E-state index contributed by atoms with van der Waals surface area (Å²) in [6.07, 6.45) is -0.110. The van der Waals surface area contributed by atoms with Crippen molar-refractivity contribution in [3.63, 3.8) is 0 Å². The molecule has 7 nitrogen and oxygen atoms in total. The predicted molar refractivity (Wildman–Crippen MR) is 68.5 cm³/mol. The standard InChI is InChI=1S/C12H14FN3O4/c1-6-3-8(16(19)20)5-9(11(6)13)12(18)15-7(2)4-10(14)17/h3,5,7H,4H2,1-2H3,(H2,14,17)(H,15,18). The van der Waals surface area contributed by atoms with Crippen LogP contribution < -0.4 is 11.1 Å². The van der Waals surface area contributed by atoms with E-state index in [9.17, 15) is 24.1 Å². The molecule has 0 aliphatic heterocycles. The first kappa shape index (κ1) is 15.5. The monoisotopic (exact) mass is 283 g/mol. The first-order valence-corrected chi connectivity index (χ1v) is 5.76. The maximum Gasteiger partial charge on any atom is 0.270 e. The lowest BCUT2D eigenvalue weighted by Gasteiger charge is -2.13. The van der Waals surface area contributed by atoms with E-state index in [1.807, 2.05) is 0 Å². The van der Waals surface area contributed by atoms with Crippen molar-refractivity contribution in [3.8, 4) is 0 Å². The van der Waals surface area contributed by atoms with Crippen LogP contribution in [0.25, 0.3) is 0 Å². The average Bonchev–Trinajstić information content (AvgIpc) is 2.30. The van der Waals surface area contributed by atoms with Crippen molar-refractivity contribution in [2.75, 3.05) is 0 Å². The highest BCUT2D eigenvalue weighted by Gasteiger charge is 2.21. The normalized spacial score (nSPS) is 11.8. The summed E-state index contributed by atoms with van der Waals surface area (Å²) in [5.41, 5.74) is 4.15. The zero-order valence-electron chi connectivity index (χ0n) is 11.0. The first-order valence-electron chi connectivity index (χ1n) is 5.76. The van der Waals surface area contributed by atoms with Crippen molar-refractivity contribution in [2.45, 2.75) is 26.3 Å². The molecule has 0 aliphatic carbocycles. The van der Waals surface area contributed by atoms with Gasteiger partial charge in [0.25, 0.3) is 11.6 Å². The van der Waals surface area contributed by atoms with Crippen molar-refractivity contribution in [1.82, 2.24) is 5.32 Å². The number of non-ortho nitro benzene ring substituents is 1. The van der Waals surface area contributed by atoms with E-state index in [0.717, 1.165) is 12.1 Å². The Hall–Kier alpha value is -2.51. The number of nitrogens with zero attached hydrogens (tertiary/aromatic N) is 1. The van der Waals surface area contributed by atoms with E-state index < -0.39 is 34.2 Å². The van der Waals surface area contributed by atoms with Crippen LogP contribution in [0.2, 0.25) is 0 Å². The van der Waals surface area contributed by atoms with Gasteiger partial charge in [0.15, 0.2) is 0 Å². The van der Waals surface area contributed by atoms with Crippen molar-refractivity contribution >= 4 is 17.5 Å². The molecule has 0 saturated carbocycles. The highest BCUT2D eigenvalue weighted by Crippen LogP contribution is 2.21. The van der Waals surface area contributed by atoms with Crippen LogP contribution in [0.3, 0.4) is 0 Å². The van der Waals surface area contributed by atoms with Gasteiger partial charge in [0, 0.05) is 24.6 Å². The van der Waals surface area contributed by atoms with E-state index in [1.165, 1.54) is 13.8 Å². The molecular formula is C12H14FN3O4. The molecule has 0 spiro atoms. The second-order valence-electron chi connectivity index (χ2n) is 4.43. The first-order chi connectivity index (χ1) is 9.22. The number of nitrogens with one attached hydrogen (secondary N) is 1. The smallest absolute Gasteiger partial charge is 0.270 e. The molecule has 3 N–H and O–H groups in total. The van der Waals surface area contributed by atoms with Gasteiger partial charge in [-0.2, -0.15) is 0 Å². The molecule has 1 aromatic rings. The number of benzene rings is 1. The van der Waals surface area contributed by atoms with Crippen LogP contribution in [0.5, 0.6) is 0 Å². The molecule has 0 bridgehead atoms. The second kappa shape index (κ2) is 6.09. The summed E-state index contributed by atoms with van der Waals surface area (Å²) in [6, 6.07) is 1.30. The summed E-state index contributed by atoms with van der Waals surface area (Å²) in [5.74, 6) is -2.28. The molecule has 0 saturated heterocycles. The summed E-state index contributed by atoms with van der Waals surface area (Å²) in [6.45, 7) is 2.84. The molecule has 20 heavy (non-hydrogen) atoms. The van der Waals surface area contributed by atoms with Gasteiger partial charge in [0.1, 0.15) is 5.82 Å². The third kappa shape index (κ3) is 3.74. The fraction of sp³-hybridized carbons (Fsp3) is 0.333. The van der Waals surface area contributed by atoms with E-state index in [0.29, 0.717) is 0 Å². The van der Waals surface area contributed by atoms with Gasteiger partial charge in [-0.05, 0) is 19.4 Å². The van der Waals surface area contributed by atoms with Gasteiger partial charge in [0.2, 0.25) is 5.91 Å². The summed E-state index contributed by atoms with van der Waals surface area (Å²) in [7, 11) is 0. The van der Waals surface area contributed by atoms with Crippen LogP contribution in [0.4, 0.5) is 10.1 Å². The number of halogens is 1. The summed E-state index contributed by atoms with van der Waals surface area (Å²) in [5, 5.41) is 13.1. The number of carbonyl (C=O) groups is 2. The number of nitro benzene ring substituents is 1. The zero-order chi connectivity index (χ0) is 15.4. The number of rotatable bonds is 5. The van der Waals surface area contributed by atoms with E-state index in [-0.39, 0.29) is 17.7 Å². The van der Waals surface area contributed by atoms with Crippen LogP contribution in [0.15, 0.2) is 12.1 Å². The molecule has 0 aliphatic rings. The minimum Gasteiger partial charge on any atom is -0.370 e. The number of primary amides is 1. The molecular weight excluding hydrogens is 269 g/mol. The van der Waals surface area contributed by atoms with Crippen molar-refractivity contribution in [3.05, 3.63) is 39.2 Å². The van der Waals surface area contributed by atoms with Gasteiger partial charge in [-0.25, -0.2) is 4.39 Å². The molecule has 0 fully saturated rings. The average molecular weight is 283 g/mol. The number of aryl methyl sites for hydroxylation is 1. The Labute approximate surface area is 114 Å². The summed E-state index contributed by atoms with van der Waals surface area (Å²) >= 11 is 0. The van der Waals surface area contributed by atoms with E-state index >= 15 is 0 Å². The Morgan fingerprint density at radius 2 is 2.10 bits per heavy atom. The molecule has 0 heterocycles. The Balaban J connectivity index is 3.03. The second-order valence-corrected chi connectivity index (χ2v) is 4.43. The summed E-state index contributed by atoms with van der Waals surface area (Å²) < 4.78 is 13.8. The van der Waals surface area contributed by atoms with Gasteiger partial charge in [-0.1, -0.05) is 0 Å². The van der Waals surface area contributed by atoms with Gasteiger partial charge < -0.3 is 11.1 Å². The third-order valence-electron chi connectivity index (χ3n) is 2.58. The Morgan fingerprint density at radius 3 is 2.60 bits per heavy atom. The number of nitrogens with two attached hydrogens (primary N) is 1. The SMILES string of the molecule is Cc1cc([N+](=O)[O-])cc(C(=O)NC(C)CC(N)=O)c1F. The molecule has 1 aromatic carbocycles. The fourth-order valence-electron chi connectivity index (χ4n) is 1.68. The Bertz CT molecular complexity index is 574. The van der Waals surface area contributed by atoms with Gasteiger partial charge >= 0.3 is 0 Å². The number of amides is 2. The van der Waals surface area contributed by atoms with E-state index in [2.05, 4.69) is 5.32 Å². The predicted octanol–water partition coefficient (Wildman–Crippen LogP) is 1.04. The number of hydrogen-bond acceptors (Lipinski definition) is 4. The molecule has 8 heteroatoms. The number of hydrogen-bond donors (Lipinski definition) is 2. The lowest BCUT2D eigenvalue weighted by molar-refractivity contribution is -0.385. The highest BCUT2D eigenvalue weighted by atomic mass is 19.1. The molecule has 1 unspecified atom stereocenters. The minimum absolute atomic E-state index is 0.00750. The van der Waals surface area contributed by atoms with Gasteiger partial charge in [-0.15, -0.1) is 0 Å². The largest absolute Gasteiger partial charge is 0.370 e. The highest BCUT2D eigenvalue weighted by molar-refractivity contribution is 5.95. The minimum atomic E-state index is -0.834. The molecule has 108 valence electrons. The van der Waals surface area contributed by atoms with Crippen molar-refractivity contribution < 1.29 is 18.9 Å². The van der Waals surface area contributed by atoms with Crippen LogP contribution in [-0.2, 0) is 4.79 Å². The van der Waals surface area contributed by atoms with Gasteiger partial charge in [-0.3, -0.25) is 19.7 Å². The van der Waals surface area contributed by atoms with Crippen LogP contribution in [0, 0.1) is 22.9 Å². The lowest BCUT2D eigenvalue weighted by atomic mass is 10.1. The third-order valence-corrected chi connectivity index (χ3v) is 2.58. The quantitative estimate of drug-likeness (QED) is 0.620. The fourth-order valence-corrected chi connectivity index (χ4v) is 1.68. The maximum absolute atomic E-state index is 13.8.